The van der Waals surface area contributed by atoms with Gasteiger partial charge in [0.2, 0.25) is 0 Å². The van der Waals surface area contributed by atoms with E-state index in [0.717, 1.165) is 11.3 Å². The van der Waals surface area contributed by atoms with Crippen LogP contribution in [-0.2, 0) is 0 Å². The van der Waals surface area contributed by atoms with Gasteiger partial charge in [0.1, 0.15) is 4.99 Å². The van der Waals surface area contributed by atoms with Crippen LogP contribution in [0.1, 0.15) is 36.8 Å². The maximum Gasteiger partial charge on any atom is 0.106 e. The Labute approximate surface area is 102 Å². The van der Waals surface area contributed by atoms with Crippen LogP contribution in [0.15, 0.2) is 18.2 Å². The fourth-order valence-electron chi connectivity index (χ4n) is 2.28. The third-order valence-electron chi connectivity index (χ3n) is 3.16. The Bertz CT molecular complexity index is 395. The van der Waals surface area contributed by atoms with Crippen molar-refractivity contribution < 1.29 is 0 Å². The van der Waals surface area contributed by atoms with Crippen LogP contribution in [-0.4, -0.2) is 11.0 Å². The van der Waals surface area contributed by atoms with Crippen molar-refractivity contribution in [2.24, 2.45) is 5.73 Å². The summed E-state index contributed by atoms with van der Waals surface area (Å²) in [5.41, 5.74) is 9.03. The molecule has 0 atom stereocenters. The van der Waals surface area contributed by atoms with Crippen LogP contribution in [0.4, 0.5) is 5.69 Å². The summed E-state index contributed by atoms with van der Waals surface area (Å²) in [7, 11) is 0. The molecule has 3 heteroatoms. The maximum atomic E-state index is 5.73. The Morgan fingerprint density at radius 2 is 2.06 bits per heavy atom. The van der Waals surface area contributed by atoms with Gasteiger partial charge in [-0.2, -0.15) is 0 Å². The molecule has 0 unspecified atom stereocenters. The van der Waals surface area contributed by atoms with Crippen LogP contribution in [0, 0.1) is 6.92 Å². The van der Waals surface area contributed by atoms with E-state index in [4.69, 9.17) is 18.0 Å². The lowest BCUT2D eigenvalue weighted by Crippen LogP contribution is -2.19. The minimum Gasteiger partial charge on any atom is -0.389 e. The van der Waals surface area contributed by atoms with Crippen molar-refractivity contribution in [3.8, 4) is 0 Å². The molecular weight excluding hydrogens is 216 g/mol. The molecule has 0 heterocycles. The van der Waals surface area contributed by atoms with E-state index in [9.17, 15) is 0 Å². The minimum absolute atomic E-state index is 0.473. The highest BCUT2D eigenvalue weighted by atomic mass is 32.1. The summed E-state index contributed by atoms with van der Waals surface area (Å²) >= 11 is 5.07. The van der Waals surface area contributed by atoms with Crippen molar-refractivity contribution in [1.82, 2.24) is 0 Å². The van der Waals surface area contributed by atoms with E-state index in [2.05, 4.69) is 18.3 Å². The lowest BCUT2D eigenvalue weighted by atomic mass is 10.1. The highest BCUT2D eigenvalue weighted by Gasteiger charge is 2.16. The summed E-state index contributed by atoms with van der Waals surface area (Å²) in [5, 5.41) is 3.56. The molecule has 0 spiro atoms. The number of nitrogens with one attached hydrogen (secondary N) is 1. The average molecular weight is 234 g/mol. The van der Waals surface area contributed by atoms with Gasteiger partial charge < -0.3 is 11.1 Å². The van der Waals surface area contributed by atoms with Crippen LogP contribution in [0.2, 0.25) is 0 Å². The van der Waals surface area contributed by atoms with Crippen LogP contribution < -0.4 is 11.1 Å². The number of benzene rings is 1. The Morgan fingerprint density at radius 1 is 1.38 bits per heavy atom. The average Bonchev–Trinajstić information content (AvgIpc) is 2.70. The number of rotatable bonds is 3. The third kappa shape index (κ3) is 2.53. The molecule has 1 saturated carbocycles. The molecule has 0 aliphatic heterocycles. The molecule has 1 aromatic carbocycles. The van der Waals surface area contributed by atoms with Gasteiger partial charge in [-0.05, 0) is 37.5 Å². The standard InChI is InChI=1S/C13H18N2S/c1-9-6-7-11(13(14)16)12(8-9)15-10-4-2-3-5-10/h6-8,10,15H,2-5H2,1H3,(H2,14,16). The summed E-state index contributed by atoms with van der Waals surface area (Å²) in [5.74, 6) is 0. The van der Waals surface area contributed by atoms with Gasteiger partial charge in [-0.15, -0.1) is 0 Å². The van der Waals surface area contributed by atoms with Gasteiger partial charge in [0.25, 0.3) is 0 Å². The van der Waals surface area contributed by atoms with Crippen molar-refractivity contribution >= 4 is 22.9 Å². The minimum atomic E-state index is 0.473. The van der Waals surface area contributed by atoms with Crippen molar-refractivity contribution in [3.63, 3.8) is 0 Å². The second-order valence-corrected chi connectivity index (χ2v) is 4.98. The van der Waals surface area contributed by atoms with Crippen molar-refractivity contribution in [1.29, 1.82) is 0 Å². The molecule has 3 N–H and O–H groups in total. The van der Waals surface area contributed by atoms with Gasteiger partial charge in [-0.25, -0.2) is 0 Å². The van der Waals surface area contributed by atoms with Gasteiger partial charge >= 0.3 is 0 Å². The second kappa shape index (κ2) is 4.83. The lowest BCUT2D eigenvalue weighted by molar-refractivity contribution is 0.755. The molecule has 1 aliphatic carbocycles. The molecule has 0 bridgehead atoms. The van der Waals surface area contributed by atoms with Gasteiger partial charge in [0.05, 0.1) is 0 Å². The quantitative estimate of drug-likeness (QED) is 0.790. The van der Waals surface area contributed by atoms with Crippen LogP contribution in [0.25, 0.3) is 0 Å². The largest absolute Gasteiger partial charge is 0.389 e. The predicted octanol–water partition coefficient (Wildman–Crippen LogP) is 2.98. The zero-order valence-electron chi connectivity index (χ0n) is 9.62. The number of nitrogens with two attached hydrogens (primary N) is 1. The van der Waals surface area contributed by atoms with Crippen molar-refractivity contribution in [2.75, 3.05) is 5.32 Å². The monoisotopic (exact) mass is 234 g/mol. The van der Waals surface area contributed by atoms with Crippen LogP contribution >= 0.6 is 12.2 Å². The highest BCUT2D eigenvalue weighted by Crippen LogP contribution is 2.25. The Morgan fingerprint density at radius 3 is 2.69 bits per heavy atom. The zero-order valence-corrected chi connectivity index (χ0v) is 10.4. The van der Waals surface area contributed by atoms with E-state index in [1.165, 1.54) is 31.2 Å². The molecule has 1 aromatic rings. The first-order valence-electron chi connectivity index (χ1n) is 5.84. The molecule has 86 valence electrons. The molecule has 0 saturated heterocycles. The lowest BCUT2D eigenvalue weighted by Gasteiger charge is -2.17. The normalized spacial score (nSPS) is 16.3. The summed E-state index contributed by atoms with van der Waals surface area (Å²) < 4.78 is 0. The maximum absolute atomic E-state index is 5.73. The fourth-order valence-corrected chi connectivity index (χ4v) is 2.46. The molecule has 2 nitrogen and oxygen atoms in total. The molecule has 0 radical (unpaired) electrons. The first-order valence-corrected chi connectivity index (χ1v) is 6.24. The summed E-state index contributed by atoms with van der Waals surface area (Å²) in [6.45, 7) is 2.09. The summed E-state index contributed by atoms with van der Waals surface area (Å²) in [6.07, 6.45) is 5.16. The first kappa shape index (κ1) is 11.4. The summed E-state index contributed by atoms with van der Waals surface area (Å²) in [4.78, 5) is 0.473. The Balaban J connectivity index is 2.22. The van der Waals surface area contributed by atoms with Crippen LogP contribution in [0.5, 0.6) is 0 Å². The molecule has 0 aromatic heterocycles. The van der Waals surface area contributed by atoms with Gasteiger partial charge in [-0.3, -0.25) is 0 Å². The molecule has 2 rings (SSSR count). The Hall–Kier alpha value is -1.09. The molecule has 1 aliphatic rings. The van der Waals surface area contributed by atoms with Crippen molar-refractivity contribution in [3.05, 3.63) is 29.3 Å². The van der Waals surface area contributed by atoms with Gasteiger partial charge in [0, 0.05) is 17.3 Å². The van der Waals surface area contributed by atoms with E-state index >= 15 is 0 Å². The molecule has 16 heavy (non-hydrogen) atoms. The van der Waals surface area contributed by atoms with Gasteiger partial charge in [-0.1, -0.05) is 31.1 Å². The molecular formula is C13H18N2S. The topological polar surface area (TPSA) is 38.0 Å². The van der Waals surface area contributed by atoms with E-state index in [0.29, 0.717) is 11.0 Å². The highest BCUT2D eigenvalue weighted by molar-refractivity contribution is 7.80. The number of anilines is 1. The fraction of sp³-hybridized carbons (Fsp3) is 0.462. The zero-order chi connectivity index (χ0) is 11.5. The first-order chi connectivity index (χ1) is 7.66. The molecule has 0 amide bonds. The van der Waals surface area contributed by atoms with Gasteiger partial charge in [0.15, 0.2) is 0 Å². The van der Waals surface area contributed by atoms with E-state index in [-0.39, 0.29) is 0 Å². The number of hydrogen-bond acceptors (Lipinski definition) is 2. The van der Waals surface area contributed by atoms with Crippen LogP contribution in [0.3, 0.4) is 0 Å². The smallest absolute Gasteiger partial charge is 0.106 e. The summed E-state index contributed by atoms with van der Waals surface area (Å²) in [6, 6.07) is 6.78. The third-order valence-corrected chi connectivity index (χ3v) is 3.38. The van der Waals surface area contributed by atoms with Crippen molar-refractivity contribution in [2.45, 2.75) is 38.6 Å². The number of aryl methyl sites for hydroxylation is 1. The molecule has 1 fully saturated rings. The predicted molar refractivity (Wildman–Crippen MR) is 72.9 cm³/mol. The Kier molecular flexibility index (Phi) is 3.44. The van der Waals surface area contributed by atoms with E-state index in [1.807, 2.05) is 12.1 Å². The number of hydrogen-bond donors (Lipinski definition) is 2. The van der Waals surface area contributed by atoms with E-state index in [1.54, 1.807) is 0 Å². The SMILES string of the molecule is Cc1ccc(C(N)=S)c(NC2CCCC2)c1. The second-order valence-electron chi connectivity index (χ2n) is 4.54. The van der Waals surface area contributed by atoms with E-state index < -0.39 is 0 Å². The number of thiocarbonyl (C=S) groups is 1.